The van der Waals surface area contributed by atoms with E-state index in [1.807, 2.05) is 24.3 Å². The second kappa shape index (κ2) is 4.86. The fourth-order valence-electron chi connectivity index (χ4n) is 1.84. The number of rotatable bonds is 3. The van der Waals surface area contributed by atoms with E-state index in [9.17, 15) is 4.79 Å². The summed E-state index contributed by atoms with van der Waals surface area (Å²) in [6, 6.07) is 11.2. The monoisotopic (exact) mass is 263 g/mol. The van der Waals surface area contributed by atoms with Crippen molar-refractivity contribution in [3.8, 4) is 11.3 Å². The Labute approximate surface area is 111 Å². The number of halogens is 1. The van der Waals surface area contributed by atoms with Crippen molar-refractivity contribution >= 4 is 17.7 Å². The largest absolute Gasteiger partial charge is 0.477 e. The Hall–Kier alpha value is -1.74. The van der Waals surface area contributed by atoms with Gasteiger partial charge in [-0.1, -0.05) is 32.0 Å². The van der Waals surface area contributed by atoms with Crippen LogP contribution < -0.4 is 0 Å². The number of benzene rings is 1. The minimum absolute atomic E-state index is 0.0709. The topological polar surface area (TPSA) is 42.2 Å². The van der Waals surface area contributed by atoms with Gasteiger partial charge in [0.1, 0.15) is 5.69 Å². The van der Waals surface area contributed by atoms with Crippen molar-refractivity contribution in [3.05, 3.63) is 47.7 Å². The van der Waals surface area contributed by atoms with Gasteiger partial charge in [-0.05, 0) is 35.2 Å². The van der Waals surface area contributed by atoms with Crippen molar-refractivity contribution in [2.45, 2.75) is 19.8 Å². The number of carboxylic acids is 1. The minimum Gasteiger partial charge on any atom is -0.477 e. The van der Waals surface area contributed by atoms with E-state index in [1.54, 1.807) is 6.07 Å². The van der Waals surface area contributed by atoms with Gasteiger partial charge in [0.25, 0.3) is 0 Å². The first kappa shape index (κ1) is 12.7. The van der Waals surface area contributed by atoms with Crippen molar-refractivity contribution in [3.63, 3.8) is 0 Å². The lowest BCUT2D eigenvalue weighted by Crippen LogP contribution is -2.01. The van der Waals surface area contributed by atoms with Crippen molar-refractivity contribution in [2.24, 2.45) is 0 Å². The highest BCUT2D eigenvalue weighted by Crippen LogP contribution is 2.26. The van der Waals surface area contributed by atoms with Gasteiger partial charge in [0.05, 0.1) is 5.69 Å². The Morgan fingerprint density at radius 2 is 2.00 bits per heavy atom. The Balaban J connectivity index is 2.49. The second-order valence-electron chi connectivity index (χ2n) is 4.47. The van der Waals surface area contributed by atoms with Gasteiger partial charge in [-0.3, -0.25) is 0 Å². The molecule has 0 fully saturated rings. The molecule has 0 unspecified atom stereocenters. The predicted molar refractivity (Wildman–Crippen MR) is 72.2 cm³/mol. The van der Waals surface area contributed by atoms with Gasteiger partial charge in [-0.25, -0.2) is 8.88 Å². The third-order valence-corrected chi connectivity index (χ3v) is 3.25. The summed E-state index contributed by atoms with van der Waals surface area (Å²) in [7, 11) is 0. The fraction of sp³-hybridized carbons (Fsp3) is 0.214. The number of nitrogens with zero attached hydrogens (tertiary/aromatic N) is 1. The Bertz CT molecular complexity index is 587. The van der Waals surface area contributed by atoms with Crippen molar-refractivity contribution in [2.75, 3.05) is 0 Å². The zero-order valence-electron chi connectivity index (χ0n) is 10.2. The molecule has 0 aliphatic rings. The Kier molecular flexibility index (Phi) is 3.43. The smallest absolute Gasteiger partial charge is 0.353 e. The summed E-state index contributed by atoms with van der Waals surface area (Å²) < 4.78 is 1.18. The highest BCUT2D eigenvalue weighted by atomic mass is 35.5. The van der Waals surface area contributed by atoms with Gasteiger partial charge in [0.15, 0.2) is 0 Å². The van der Waals surface area contributed by atoms with E-state index in [2.05, 4.69) is 13.8 Å². The number of aromatic carboxylic acids is 1. The summed E-state index contributed by atoms with van der Waals surface area (Å²) in [5.74, 6) is -0.612. The molecule has 1 aromatic carbocycles. The van der Waals surface area contributed by atoms with Crippen LogP contribution >= 0.6 is 11.8 Å². The molecule has 0 spiro atoms. The lowest BCUT2D eigenvalue weighted by molar-refractivity contribution is 0.0690. The third-order valence-electron chi connectivity index (χ3n) is 2.89. The molecule has 0 bridgehead atoms. The van der Waals surface area contributed by atoms with Crippen LogP contribution in [0.1, 0.15) is 35.8 Å². The lowest BCUT2D eigenvalue weighted by Gasteiger charge is -2.08. The molecule has 2 aromatic rings. The summed E-state index contributed by atoms with van der Waals surface area (Å²) in [5.41, 5.74) is 2.88. The van der Waals surface area contributed by atoms with Crippen molar-refractivity contribution < 1.29 is 9.90 Å². The van der Waals surface area contributed by atoms with Gasteiger partial charge < -0.3 is 5.11 Å². The summed E-state index contributed by atoms with van der Waals surface area (Å²) in [6.45, 7) is 4.23. The SMILES string of the molecule is CC(C)c1cccc(-c2ccc(C(=O)O)n2Cl)c1. The maximum atomic E-state index is 10.9. The molecule has 94 valence electrons. The third kappa shape index (κ3) is 2.27. The Morgan fingerprint density at radius 3 is 2.56 bits per heavy atom. The number of carbonyl (C=O) groups is 1. The normalized spacial score (nSPS) is 10.9. The van der Waals surface area contributed by atoms with E-state index in [0.717, 1.165) is 5.56 Å². The molecule has 3 nitrogen and oxygen atoms in total. The van der Waals surface area contributed by atoms with Crippen molar-refractivity contribution in [1.82, 2.24) is 4.09 Å². The molecule has 4 heteroatoms. The molecule has 0 saturated carbocycles. The number of hydrogen-bond donors (Lipinski definition) is 1. The predicted octanol–water partition coefficient (Wildman–Crippen LogP) is 3.98. The van der Waals surface area contributed by atoms with Crippen LogP contribution in [0.25, 0.3) is 11.3 Å². The summed E-state index contributed by atoms with van der Waals surface area (Å²) in [6.07, 6.45) is 0. The van der Waals surface area contributed by atoms with Crippen LogP contribution in [0.4, 0.5) is 0 Å². The second-order valence-corrected chi connectivity index (χ2v) is 4.81. The first-order valence-corrected chi connectivity index (χ1v) is 6.06. The molecule has 0 aliphatic carbocycles. The van der Waals surface area contributed by atoms with E-state index in [1.165, 1.54) is 15.7 Å². The average molecular weight is 264 g/mol. The maximum absolute atomic E-state index is 10.9. The summed E-state index contributed by atoms with van der Waals surface area (Å²) >= 11 is 6.02. The van der Waals surface area contributed by atoms with Crippen LogP contribution in [0.3, 0.4) is 0 Å². The van der Waals surface area contributed by atoms with Crippen LogP contribution in [0.15, 0.2) is 36.4 Å². The molecule has 18 heavy (non-hydrogen) atoms. The number of aromatic nitrogens is 1. The van der Waals surface area contributed by atoms with E-state index in [4.69, 9.17) is 16.9 Å². The molecule has 0 saturated heterocycles. The first-order chi connectivity index (χ1) is 8.50. The fourth-order valence-corrected chi connectivity index (χ4v) is 2.12. The summed E-state index contributed by atoms with van der Waals surface area (Å²) in [5, 5.41) is 8.96. The molecule has 1 heterocycles. The van der Waals surface area contributed by atoms with Crippen LogP contribution in [0.2, 0.25) is 0 Å². The van der Waals surface area contributed by atoms with Gasteiger partial charge in [0, 0.05) is 11.8 Å². The average Bonchev–Trinajstić information content (AvgIpc) is 2.71. The highest BCUT2D eigenvalue weighted by Gasteiger charge is 2.14. The van der Waals surface area contributed by atoms with Crippen LogP contribution in [0.5, 0.6) is 0 Å². The molecule has 0 aliphatic heterocycles. The molecule has 0 radical (unpaired) electrons. The molecular weight excluding hydrogens is 250 g/mol. The number of hydrogen-bond acceptors (Lipinski definition) is 1. The molecule has 1 N–H and O–H groups in total. The van der Waals surface area contributed by atoms with Gasteiger partial charge in [0.2, 0.25) is 0 Å². The molecule has 1 aromatic heterocycles. The summed E-state index contributed by atoms with van der Waals surface area (Å²) in [4.78, 5) is 10.9. The van der Waals surface area contributed by atoms with Crippen molar-refractivity contribution in [1.29, 1.82) is 0 Å². The van der Waals surface area contributed by atoms with Gasteiger partial charge in [-0.15, -0.1) is 0 Å². The van der Waals surface area contributed by atoms with Crippen LogP contribution in [0, 0.1) is 0 Å². The molecule has 0 amide bonds. The molecule has 2 rings (SSSR count). The first-order valence-electron chi connectivity index (χ1n) is 5.72. The standard InChI is InChI=1S/C14H14ClNO2/c1-9(2)10-4-3-5-11(8-10)12-6-7-13(14(17)18)16(12)15/h3-9H,1-2H3,(H,17,18). The van der Waals surface area contributed by atoms with Gasteiger partial charge in [-0.2, -0.15) is 0 Å². The zero-order valence-corrected chi connectivity index (χ0v) is 11.0. The van der Waals surface area contributed by atoms with E-state index >= 15 is 0 Å². The maximum Gasteiger partial charge on any atom is 0.353 e. The van der Waals surface area contributed by atoms with E-state index < -0.39 is 5.97 Å². The van der Waals surface area contributed by atoms with E-state index in [0.29, 0.717) is 11.6 Å². The molecular formula is C14H14ClNO2. The lowest BCUT2D eigenvalue weighted by atomic mass is 10.00. The quantitative estimate of drug-likeness (QED) is 0.910. The van der Waals surface area contributed by atoms with E-state index in [-0.39, 0.29) is 5.69 Å². The molecule has 0 atom stereocenters. The Morgan fingerprint density at radius 1 is 1.28 bits per heavy atom. The highest BCUT2D eigenvalue weighted by molar-refractivity contribution is 6.19. The van der Waals surface area contributed by atoms with Gasteiger partial charge >= 0.3 is 5.97 Å². The van der Waals surface area contributed by atoms with Crippen LogP contribution in [-0.4, -0.2) is 15.2 Å². The zero-order chi connectivity index (χ0) is 13.3. The van der Waals surface area contributed by atoms with Crippen LogP contribution in [-0.2, 0) is 0 Å². The number of carboxylic acid groups (broad SMARTS) is 1. The minimum atomic E-state index is -1.03.